The molecule has 2 nitrogen and oxygen atoms in total. The second kappa shape index (κ2) is 4.48. The van der Waals surface area contributed by atoms with Crippen molar-refractivity contribution in [3.05, 3.63) is 29.6 Å². The van der Waals surface area contributed by atoms with Gasteiger partial charge in [-0.15, -0.1) is 13.2 Å². The maximum atomic E-state index is 13.3. The lowest BCUT2D eigenvalue weighted by molar-refractivity contribution is -0.275. The largest absolute Gasteiger partial charge is 0.573 e. The van der Waals surface area contributed by atoms with Crippen molar-refractivity contribution in [2.75, 3.05) is 6.54 Å². The van der Waals surface area contributed by atoms with Gasteiger partial charge in [0.05, 0.1) is 0 Å². The summed E-state index contributed by atoms with van der Waals surface area (Å²) in [5.41, 5.74) is 5.29. The Balaban J connectivity index is 2.94. The molecule has 0 bridgehead atoms. The van der Waals surface area contributed by atoms with E-state index in [1.54, 1.807) is 0 Å². The predicted molar refractivity (Wildman–Crippen MR) is 45.8 cm³/mol. The first-order valence-electron chi connectivity index (χ1n) is 4.17. The number of rotatable bonds is 3. The van der Waals surface area contributed by atoms with Crippen molar-refractivity contribution in [1.29, 1.82) is 0 Å². The number of nitrogens with two attached hydrogens (primary N) is 1. The van der Waals surface area contributed by atoms with Crippen LogP contribution in [0.25, 0.3) is 0 Å². The summed E-state index contributed by atoms with van der Waals surface area (Å²) in [6.07, 6.45) is -4.72. The van der Waals surface area contributed by atoms with Gasteiger partial charge >= 0.3 is 6.36 Å². The molecule has 6 heteroatoms. The highest BCUT2D eigenvalue weighted by Gasteiger charge is 2.32. The van der Waals surface area contributed by atoms with Gasteiger partial charge in [0.25, 0.3) is 0 Å². The number of hydrogen-bond acceptors (Lipinski definition) is 2. The zero-order valence-corrected chi connectivity index (χ0v) is 7.64. The van der Waals surface area contributed by atoms with E-state index in [2.05, 4.69) is 4.74 Å². The quantitative estimate of drug-likeness (QED) is 0.797. The Morgan fingerprint density at radius 1 is 1.27 bits per heavy atom. The van der Waals surface area contributed by atoms with Crippen LogP contribution in [0.5, 0.6) is 5.75 Å². The van der Waals surface area contributed by atoms with Crippen LogP contribution in [0.3, 0.4) is 0 Å². The van der Waals surface area contributed by atoms with Crippen molar-refractivity contribution in [3.63, 3.8) is 0 Å². The molecule has 1 rings (SSSR count). The molecule has 1 aromatic carbocycles. The summed E-state index contributed by atoms with van der Waals surface area (Å²) in [5, 5.41) is 0. The third kappa shape index (κ3) is 3.39. The molecule has 0 radical (unpaired) electrons. The van der Waals surface area contributed by atoms with E-state index in [0.29, 0.717) is 0 Å². The summed E-state index contributed by atoms with van der Waals surface area (Å²) >= 11 is 0. The van der Waals surface area contributed by atoms with Gasteiger partial charge in [-0.3, -0.25) is 0 Å². The molecular formula is C9H9F4NO. The van der Waals surface area contributed by atoms with Crippen LogP contribution >= 0.6 is 0 Å². The van der Waals surface area contributed by atoms with E-state index >= 15 is 0 Å². The van der Waals surface area contributed by atoms with Crippen molar-refractivity contribution in [2.24, 2.45) is 5.73 Å². The Morgan fingerprint density at radius 2 is 1.93 bits per heavy atom. The van der Waals surface area contributed by atoms with E-state index < -0.39 is 17.9 Å². The molecule has 0 saturated carbocycles. The smallest absolute Gasteiger partial charge is 0.403 e. The van der Waals surface area contributed by atoms with Crippen molar-refractivity contribution in [1.82, 2.24) is 0 Å². The Labute approximate surface area is 83.6 Å². The maximum Gasteiger partial charge on any atom is 0.573 e. The lowest BCUT2D eigenvalue weighted by Gasteiger charge is -2.11. The summed E-state index contributed by atoms with van der Waals surface area (Å²) in [7, 11) is 0. The zero-order chi connectivity index (χ0) is 11.5. The average Bonchev–Trinajstić information content (AvgIpc) is 2.10. The molecule has 0 aromatic heterocycles. The minimum atomic E-state index is -4.89. The van der Waals surface area contributed by atoms with Crippen LogP contribution in [-0.4, -0.2) is 12.9 Å². The van der Waals surface area contributed by atoms with Gasteiger partial charge in [0.2, 0.25) is 0 Å². The minimum Gasteiger partial charge on any atom is -0.403 e. The second-order valence-corrected chi connectivity index (χ2v) is 2.82. The van der Waals surface area contributed by atoms with Crippen LogP contribution in [0.1, 0.15) is 5.56 Å². The lowest BCUT2D eigenvalue weighted by Crippen LogP contribution is -2.18. The number of alkyl halides is 3. The van der Waals surface area contributed by atoms with Crippen LogP contribution in [0.2, 0.25) is 0 Å². The van der Waals surface area contributed by atoms with E-state index in [0.717, 1.165) is 6.07 Å². The maximum absolute atomic E-state index is 13.3. The van der Waals surface area contributed by atoms with Crippen LogP contribution < -0.4 is 10.5 Å². The molecule has 0 fully saturated rings. The van der Waals surface area contributed by atoms with E-state index in [9.17, 15) is 17.6 Å². The first-order chi connectivity index (χ1) is 6.94. The molecule has 0 saturated heterocycles. The van der Waals surface area contributed by atoms with Crippen molar-refractivity contribution in [3.8, 4) is 5.75 Å². The highest BCUT2D eigenvalue weighted by atomic mass is 19.4. The molecule has 0 atom stereocenters. The Bertz CT molecular complexity index is 337. The lowest BCUT2D eigenvalue weighted by atomic mass is 10.1. The van der Waals surface area contributed by atoms with E-state index in [1.807, 2.05) is 0 Å². The van der Waals surface area contributed by atoms with Crippen molar-refractivity contribution < 1.29 is 22.3 Å². The molecule has 0 aliphatic rings. The van der Waals surface area contributed by atoms with E-state index in [4.69, 9.17) is 5.73 Å². The topological polar surface area (TPSA) is 35.2 Å². The van der Waals surface area contributed by atoms with Gasteiger partial charge in [0.1, 0.15) is 0 Å². The first-order valence-corrected chi connectivity index (χ1v) is 4.17. The molecule has 84 valence electrons. The summed E-state index contributed by atoms with van der Waals surface area (Å²) in [5.74, 6) is -1.84. The molecule has 0 amide bonds. The highest BCUT2D eigenvalue weighted by Crippen LogP contribution is 2.27. The number of halogens is 4. The minimum absolute atomic E-state index is 0.110. The van der Waals surface area contributed by atoms with Gasteiger partial charge in [-0.25, -0.2) is 4.39 Å². The monoisotopic (exact) mass is 223 g/mol. The van der Waals surface area contributed by atoms with E-state index in [-0.39, 0.29) is 18.5 Å². The zero-order valence-electron chi connectivity index (χ0n) is 7.64. The van der Waals surface area contributed by atoms with Crippen molar-refractivity contribution >= 4 is 0 Å². The van der Waals surface area contributed by atoms with Crippen molar-refractivity contribution in [2.45, 2.75) is 12.8 Å². The summed E-state index contributed by atoms with van der Waals surface area (Å²) in [6, 6.07) is 3.57. The Kier molecular flexibility index (Phi) is 3.52. The van der Waals surface area contributed by atoms with Crippen LogP contribution in [-0.2, 0) is 6.42 Å². The van der Waals surface area contributed by atoms with E-state index in [1.165, 1.54) is 12.1 Å². The fourth-order valence-corrected chi connectivity index (χ4v) is 1.11. The fourth-order valence-electron chi connectivity index (χ4n) is 1.11. The molecule has 0 spiro atoms. The van der Waals surface area contributed by atoms with Gasteiger partial charge in [-0.05, 0) is 24.6 Å². The molecular weight excluding hydrogens is 214 g/mol. The third-order valence-corrected chi connectivity index (χ3v) is 1.68. The predicted octanol–water partition coefficient (Wildman–Crippen LogP) is 2.23. The van der Waals surface area contributed by atoms with Gasteiger partial charge in [-0.2, -0.15) is 0 Å². The van der Waals surface area contributed by atoms with Gasteiger partial charge in [0.15, 0.2) is 11.6 Å². The molecule has 0 heterocycles. The molecule has 2 N–H and O–H groups in total. The molecule has 15 heavy (non-hydrogen) atoms. The van der Waals surface area contributed by atoms with Gasteiger partial charge < -0.3 is 10.5 Å². The number of benzene rings is 1. The van der Waals surface area contributed by atoms with Crippen LogP contribution in [0, 0.1) is 5.82 Å². The van der Waals surface area contributed by atoms with Crippen LogP contribution in [0.15, 0.2) is 18.2 Å². The Hall–Kier alpha value is -1.30. The second-order valence-electron chi connectivity index (χ2n) is 2.82. The summed E-state index contributed by atoms with van der Waals surface area (Å²) < 4.78 is 52.3. The fraction of sp³-hybridized carbons (Fsp3) is 0.333. The standard InChI is InChI=1S/C9H9F4NO/c10-8-6(4-5-14)2-1-3-7(8)15-9(11,12)13/h1-3H,4-5,14H2. The summed E-state index contributed by atoms with van der Waals surface area (Å²) in [6.45, 7) is 0.159. The number of ether oxygens (including phenoxy) is 1. The molecule has 0 aliphatic heterocycles. The van der Waals surface area contributed by atoms with Gasteiger partial charge in [-0.1, -0.05) is 12.1 Å². The Morgan fingerprint density at radius 3 is 2.47 bits per heavy atom. The first kappa shape index (κ1) is 11.8. The third-order valence-electron chi connectivity index (χ3n) is 1.68. The molecule has 0 unspecified atom stereocenters. The average molecular weight is 223 g/mol. The highest BCUT2D eigenvalue weighted by molar-refractivity contribution is 5.31. The van der Waals surface area contributed by atoms with Crippen LogP contribution in [0.4, 0.5) is 17.6 Å². The summed E-state index contributed by atoms with van der Waals surface area (Å²) in [4.78, 5) is 0. The molecule has 1 aromatic rings. The normalized spacial score (nSPS) is 11.5. The molecule has 0 aliphatic carbocycles. The van der Waals surface area contributed by atoms with Gasteiger partial charge in [0, 0.05) is 0 Å². The number of hydrogen-bond donors (Lipinski definition) is 1. The SMILES string of the molecule is NCCc1cccc(OC(F)(F)F)c1F.